The van der Waals surface area contributed by atoms with E-state index >= 15 is 4.39 Å². The normalized spacial score (nSPS) is 27.3. The van der Waals surface area contributed by atoms with Gasteiger partial charge in [-0.05, 0) is 32.2 Å². The van der Waals surface area contributed by atoms with Gasteiger partial charge in [-0.25, -0.2) is 13.8 Å². The van der Waals surface area contributed by atoms with Crippen LogP contribution in [-0.4, -0.2) is 92.7 Å². The molecular weight excluding hydrogens is 584 g/mol. The number of piperazine rings is 1. The lowest BCUT2D eigenvalue weighted by Crippen LogP contribution is -2.51. The Hall–Kier alpha value is -3.97. The number of hydrogen-bond donors (Lipinski definition) is 2. The first kappa shape index (κ1) is 27.3. The van der Waals surface area contributed by atoms with Crippen LogP contribution in [0.2, 0.25) is 0 Å². The van der Waals surface area contributed by atoms with Crippen LogP contribution < -0.4 is 24.4 Å². The molecule has 4 aromatic rings. The minimum atomic E-state index is -0.895. The smallest absolute Gasteiger partial charge is 0.319 e. The first-order valence-electron chi connectivity index (χ1n) is 16.0. The molecule has 2 bridgehead atoms. The van der Waals surface area contributed by atoms with E-state index in [1.54, 1.807) is 12.3 Å². The zero-order valence-electron chi connectivity index (χ0n) is 25.1. The van der Waals surface area contributed by atoms with Gasteiger partial charge >= 0.3 is 6.01 Å². The van der Waals surface area contributed by atoms with Gasteiger partial charge in [-0.2, -0.15) is 9.97 Å². The molecule has 0 amide bonds. The molecule has 0 unspecified atom stereocenters. The van der Waals surface area contributed by atoms with Gasteiger partial charge in [0.25, 0.3) is 0 Å². The van der Waals surface area contributed by atoms with Crippen molar-refractivity contribution in [3.8, 4) is 34.5 Å². The highest BCUT2D eigenvalue weighted by molar-refractivity contribution is 6.02. The molecule has 13 heteroatoms. The molecule has 4 saturated heterocycles. The number of aromatic nitrogens is 4. The molecule has 2 N–H and O–H groups in total. The molecular formula is C32H35F2N7O4. The van der Waals surface area contributed by atoms with Gasteiger partial charge in [0.05, 0.1) is 33.9 Å². The predicted molar refractivity (Wildman–Crippen MR) is 162 cm³/mol. The third-order valence-corrected chi connectivity index (χ3v) is 10.4. The monoisotopic (exact) mass is 619 g/mol. The molecule has 8 heterocycles. The third kappa shape index (κ3) is 4.16. The molecule has 3 aromatic heterocycles. The number of nitrogens with one attached hydrogen (secondary N) is 1. The van der Waals surface area contributed by atoms with Gasteiger partial charge in [-0.1, -0.05) is 6.92 Å². The number of halogens is 2. The lowest BCUT2D eigenvalue weighted by molar-refractivity contribution is 0.107. The molecule has 45 heavy (non-hydrogen) atoms. The maximum atomic E-state index is 17.2. The van der Waals surface area contributed by atoms with Crippen molar-refractivity contribution in [2.45, 2.75) is 69.2 Å². The summed E-state index contributed by atoms with van der Waals surface area (Å²) in [5.41, 5.74) is 0.765. The molecule has 1 aromatic carbocycles. The topological polar surface area (TPSA) is 110 Å². The van der Waals surface area contributed by atoms with Crippen LogP contribution >= 0.6 is 0 Å². The number of pyridine rings is 1. The number of imidazole rings is 1. The number of hydrogen-bond acceptors (Lipinski definition) is 10. The van der Waals surface area contributed by atoms with Crippen LogP contribution in [0.4, 0.5) is 14.6 Å². The summed E-state index contributed by atoms with van der Waals surface area (Å²) in [6, 6.07) is 3.75. The molecule has 236 valence electrons. The first-order chi connectivity index (χ1) is 21.9. The Balaban J connectivity index is 1.24. The fraction of sp³-hybridized carbons (Fsp3) is 0.531. The largest absolute Gasteiger partial charge is 0.508 e. The molecule has 11 nitrogen and oxygen atoms in total. The van der Waals surface area contributed by atoms with E-state index in [-0.39, 0.29) is 42.0 Å². The Kier molecular flexibility index (Phi) is 6.09. The van der Waals surface area contributed by atoms with Gasteiger partial charge in [0.2, 0.25) is 6.79 Å². The van der Waals surface area contributed by atoms with Gasteiger partial charge < -0.3 is 29.5 Å². The van der Waals surface area contributed by atoms with Crippen LogP contribution in [0.25, 0.3) is 27.7 Å². The van der Waals surface area contributed by atoms with Crippen molar-refractivity contribution < 1.29 is 28.1 Å². The zero-order chi connectivity index (χ0) is 30.4. The first-order valence-corrected chi connectivity index (χ1v) is 16.0. The second kappa shape index (κ2) is 10.0. The molecule has 9 rings (SSSR count). The number of fused-ring (bicyclic) bond motifs is 7. The molecule has 0 aliphatic carbocycles. The average molecular weight is 620 g/mol. The van der Waals surface area contributed by atoms with E-state index in [0.29, 0.717) is 78.5 Å². The van der Waals surface area contributed by atoms with Crippen molar-refractivity contribution in [2.24, 2.45) is 0 Å². The van der Waals surface area contributed by atoms with Crippen LogP contribution in [0.15, 0.2) is 18.3 Å². The molecule has 5 aliphatic rings. The minimum absolute atomic E-state index is 0.0287. The van der Waals surface area contributed by atoms with E-state index in [1.807, 2.05) is 11.3 Å². The minimum Gasteiger partial charge on any atom is -0.508 e. The number of aromatic hydroxyl groups is 1. The van der Waals surface area contributed by atoms with Crippen molar-refractivity contribution in [1.29, 1.82) is 0 Å². The maximum Gasteiger partial charge on any atom is 0.319 e. The number of alkyl halides is 1. The van der Waals surface area contributed by atoms with E-state index in [9.17, 15) is 9.50 Å². The molecule has 0 saturated carbocycles. The summed E-state index contributed by atoms with van der Waals surface area (Å²) in [4.78, 5) is 18.4. The van der Waals surface area contributed by atoms with Gasteiger partial charge in [-0.3, -0.25) is 9.30 Å². The molecule has 0 spiro atoms. The average Bonchev–Trinajstić information content (AvgIpc) is 3.85. The van der Waals surface area contributed by atoms with E-state index in [1.165, 1.54) is 6.07 Å². The van der Waals surface area contributed by atoms with Crippen molar-refractivity contribution >= 4 is 22.2 Å². The van der Waals surface area contributed by atoms with Crippen molar-refractivity contribution in [3.63, 3.8) is 0 Å². The third-order valence-electron chi connectivity index (χ3n) is 10.4. The summed E-state index contributed by atoms with van der Waals surface area (Å²) >= 11 is 0. The Morgan fingerprint density at radius 3 is 2.78 bits per heavy atom. The summed E-state index contributed by atoms with van der Waals surface area (Å²) < 4.78 is 51.9. The molecule has 4 fully saturated rings. The predicted octanol–water partition coefficient (Wildman–Crippen LogP) is 3.98. The SMILES string of the molecule is CCc1ncc2cc(O)cc(-c3c4c(c5c(N6C[C@H]7CC[C@@H](C6)N7)nc(OC[C@@]67CCCN6C[C@H](F)C7)nc5c3F)OCO4)n12. The van der Waals surface area contributed by atoms with Crippen LogP contribution in [0.3, 0.4) is 0 Å². The summed E-state index contributed by atoms with van der Waals surface area (Å²) in [5.74, 6) is 1.18. The maximum absolute atomic E-state index is 17.2. The number of anilines is 1. The van der Waals surface area contributed by atoms with Crippen LogP contribution in [0.1, 0.15) is 44.9 Å². The summed E-state index contributed by atoms with van der Waals surface area (Å²) in [7, 11) is 0. The second-order valence-corrected chi connectivity index (χ2v) is 13.1. The van der Waals surface area contributed by atoms with Crippen LogP contribution in [0.5, 0.6) is 23.3 Å². The molecule has 5 aliphatic heterocycles. The molecule has 0 radical (unpaired) electrons. The van der Waals surface area contributed by atoms with Gasteiger partial charge in [0, 0.05) is 56.7 Å². The highest BCUT2D eigenvalue weighted by Gasteiger charge is 2.49. The number of benzene rings is 1. The van der Waals surface area contributed by atoms with Gasteiger partial charge in [0.1, 0.15) is 35.7 Å². The highest BCUT2D eigenvalue weighted by Crippen LogP contribution is 2.52. The summed E-state index contributed by atoms with van der Waals surface area (Å²) in [5, 5.41) is 14.7. The van der Waals surface area contributed by atoms with E-state index in [4.69, 9.17) is 19.2 Å². The highest BCUT2D eigenvalue weighted by atomic mass is 19.1. The van der Waals surface area contributed by atoms with E-state index in [0.717, 1.165) is 32.2 Å². The number of ether oxygens (including phenoxy) is 3. The lowest BCUT2D eigenvalue weighted by atomic mass is 9.95. The molecule has 4 atom stereocenters. The van der Waals surface area contributed by atoms with Crippen LogP contribution in [-0.2, 0) is 6.42 Å². The number of aryl methyl sites for hydroxylation is 1. The number of rotatable bonds is 6. The standard InChI is InChI=1S/C32H35F2N7O4/c1-2-23-35-11-20-8-21(42)9-22(41(20)23)24-26(34)27-25(29-28(24)44-16-45-29)30(39-13-18-4-5-19(14-39)36-18)38-31(37-27)43-15-32-6-3-7-40(32)12-17(33)10-32/h8-9,11,17-19,36,42H,2-7,10,12-16H2,1H3/t17-,18-,19+,32+/m1/s1. The van der Waals surface area contributed by atoms with Gasteiger partial charge in [-0.15, -0.1) is 0 Å². The Morgan fingerprint density at radius 2 is 1.96 bits per heavy atom. The van der Waals surface area contributed by atoms with E-state index < -0.39 is 17.5 Å². The lowest BCUT2D eigenvalue weighted by Gasteiger charge is -2.35. The second-order valence-electron chi connectivity index (χ2n) is 13.1. The quantitative estimate of drug-likeness (QED) is 0.329. The Morgan fingerprint density at radius 1 is 1.13 bits per heavy atom. The fourth-order valence-electron chi connectivity index (χ4n) is 8.42. The van der Waals surface area contributed by atoms with E-state index in [2.05, 4.69) is 25.1 Å². The van der Waals surface area contributed by atoms with Crippen molar-refractivity contribution in [2.75, 3.05) is 44.5 Å². The van der Waals surface area contributed by atoms with Crippen LogP contribution in [0, 0.1) is 5.82 Å². The Bertz CT molecular complexity index is 1840. The van der Waals surface area contributed by atoms with Gasteiger partial charge in [0.15, 0.2) is 17.3 Å². The summed E-state index contributed by atoms with van der Waals surface area (Å²) in [6.07, 6.45) is 5.70. The Labute approximate surface area is 258 Å². The van der Waals surface area contributed by atoms with Crippen molar-refractivity contribution in [3.05, 3.63) is 30.0 Å². The summed E-state index contributed by atoms with van der Waals surface area (Å²) in [6.45, 7) is 4.74. The van der Waals surface area contributed by atoms with Crippen molar-refractivity contribution in [1.82, 2.24) is 29.6 Å². The fourth-order valence-corrected chi connectivity index (χ4v) is 8.42. The number of nitrogens with zero attached hydrogens (tertiary/aromatic N) is 6. The zero-order valence-corrected chi connectivity index (χ0v) is 25.1.